The Morgan fingerprint density at radius 1 is 1.17 bits per heavy atom. The fourth-order valence-electron chi connectivity index (χ4n) is 2.96. The van der Waals surface area contributed by atoms with Crippen LogP contribution in [0.3, 0.4) is 0 Å². The van der Waals surface area contributed by atoms with Crippen LogP contribution in [-0.2, 0) is 19.1 Å². The summed E-state index contributed by atoms with van der Waals surface area (Å²) in [7, 11) is 0. The lowest BCUT2D eigenvalue weighted by Crippen LogP contribution is -2.52. The third-order valence-electron chi connectivity index (χ3n) is 4.51. The maximum atomic E-state index is 12.5. The van der Waals surface area contributed by atoms with E-state index in [0.29, 0.717) is 38.1 Å². The molecule has 29 heavy (non-hydrogen) atoms. The SMILES string of the molecule is CSCCC(NC(=O)C1CCN(C(=O)C(C)NC(=O)OC(C)(C)C)CC1)C(=O)O. The van der Waals surface area contributed by atoms with Crippen molar-refractivity contribution in [3.63, 3.8) is 0 Å². The molecule has 10 heteroatoms. The molecular weight excluding hydrogens is 398 g/mol. The zero-order chi connectivity index (χ0) is 22.2. The van der Waals surface area contributed by atoms with Crippen LogP contribution in [0.1, 0.15) is 47.0 Å². The van der Waals surface area contributed by atoms with Gasteiger partial charge in [-0.3, -0.25) is 9.59 Å². The molecule has 0 aromatic rings. The second kappa shape index (κ2) is 11.3. The highest BCUT2D eigenvalue weighted by Crippen LogP contribution is 2.19. The minimum absolute atomic E-state index is 0.238. The predicted octanol–water partition coefficient (Wildman–Crippen LogP) is 1.46. The Labute approximate surface area is 176 Å². The molecule has 1 rings (SSSR count). The van der Waals surface area contributed by atoms with E-state index in [9.17, 15) is 24.3 Å². The van der Waals surface area contributed by atoms with Crippen molar-refractivity contribution in [3.05, 3.63) is 0 Å². The highest BCUT2D eigenvalue weighted by Gasteiger charge is 2.32. The molecule has 1 fully saturated rings. The molecule has 166 valence electrons. The van der Waals surface area contributed by atoms with Crippen LogP contribution >= 0.6 is 11.8 Å². The molecule has 0 spiro atoms. The van der Waals surface area contributed by atoms with E-state index < -0.39 is 29.7 Å². The van der Waals surface area contributed by atoms with Crippen molar-refractivity contribution in [1.29, 1.82) is 0 Å². The summed E-state index contributed by atoms with van der Waals surface area (Å²) in [6.45, 7) is 7.56. The first-order valence-electron chi connectivity index (χ1n) is 9.75. The van der Waals surface area contributed by atoms with Crippen molar-refractivity contribution >= 4 is 35.6 Å². The number of carboxylic acid groups (broad SMARTS) is 1. The third-order valence-corrected chi connectivity index (χ3v) is 5.15. The van der Waals surface area contributed by atoms with Crippen molar-refractivity contribution in [3.8, 4) is 0 Å². The van der Waals surface area contributed by atoms with Crippen LogP contribution in [0.4, 0.5) is 4.79 Å². The van der Waals surface area contributed by atoms with Crippen LogP contribution < -0.4 is 10.6 Å². The number of alkyl carbamates (subject to hydrolysis) is 1. The van der Waals surface area contributed by atoms with Gasteiger partial charge in [0.15, 0.2) is 0 Å². The highest BCUT2D eigenvalue weighted by molar-refractivity contribution is 7.98. The van der Waals surface area contributed by atoms with Crippen LogP contribution in [0, 0.1) is 5.92 Å². The van der Waals surface area contributed by atoms with Crippen molar-refractivity contribution in [2.45, 2.75) is 64.6 Å². The first kappa shape index (κ1) is 25.1. The van der Waals surface area contributed by atoms with Gasteiger partial charge in [-0.05, 0) is 59.0 Å². The number of aliphatic carboxylic acids is 1. The number of ether oxygens (including phenoxy) is 1. The molecule has 1 heterocycles. The predicted molar refractivity (Wildman–Crippen MR) is 111 cm³/mol. The summed E-state index contributed by atoms with van der Waals surface area (Å²) >= 11 is 1.53. The Hall–Kier alpha value is -1.97. The van der Waals surface area contributed by atoms with E-state index in [1.54, 1.807) is 32.6 Å². The number of carboxylic acids is 1. The number of carbonyl (C=O) groups excluding carboxylic acids is 3. The van der Waals surface area contributed by atoms with Crippen molar-refractivity contribution in [1.82, 2.24) is 15.5 Å². The number of thioether (sulfide) groups is 1. The topological polar surface area (TPSA) is 125 Å². The molecule has 1 aliphatic heterocycles. The number of piperidine rings is 1. The number of rotatable bonds is 8. The molecule has 2 atom stereocenters. The Morgan fingerprint density at radius 2 is 1.76 bits per heavy atom. The molecule has 0 bridgehead atoms. The average molecular weight is 432 g/mol. The van der Waals surface area contributed by atoms with Gasteiger partial charge in [-0.15, -0.1) is 0 Å². The van der Waals surface area contributed by atoms with Gasteiger partial charge in [-0.2, -0.15) is 11.8 Å². The van der Waals surface area contributed by atoms with Gasteiger partial charge >= 0.3 is 12.1 Å². The Balaban J connectivity index is 2.49. The number of hydrogen-bond donors (Lipinski definition) is 3. The molecule has 0 aliphatic carbocycles. The van der Waals surface area contributed by atoms with Crippen LogP contribution in [0.2, 0.25) is 0 Å². The summed E-state index contributed by atoms with van der Waals surface area (Å²) in [5, 5.41) is 14.4. The molecule has 1 saturated heterocycles. The number of hydrogen-bond acceptors (Lipinski definition) is 6. The molecule has 0 aromatic heterocycles. The Morgan fingerprint density at radius 3 is 2.24 bits per heavy atom. The summed E-state index contributed by atoms with van der Waals surface area (Å²) in [6.07, 6.45) is 2.49. The number of nitrogens with zero attached hydrogens (tertiary/aromatic N) is 1. The van der Waals surface area contributed by atoms with Crippen LogP contribution in [0.5, 0.6) is 0 Å². The van der Waals surface area contributed by atoms with Gasteiger partial charge in [0.05, 0.1) is 0 Å². The molecule has 0 aromatic carbocycles. The molecule has 1 aliphatic rings. The van der Waals surface area contributed by atoms with E-state index in [2.05, 4.69) is 10.6 Å². The molecule has 0 radical (unpaired) electrons. The van der Waals surface area contributed by atoms with Gasteiger partial charge in [0.1, 0.15) is 17.7 Å². The van der Waals surface area contributed by atoms with Gasteiger partial charge in [-0.25, -0.2) is 9.59 Å². The molecule has 2 unspecified atom stereocenters. The smallest absolute Gasteiger partial charge is 0.408 e. The Kier molecular flexibility index (Phi) is 9.75. The van der Waals surface area contributed by atoms with Crippen LogP contribution in [0.15, 0.2) is 0 Å². The zero-order valence-corrected chi connectivity index (χ0v) is 18.6. The maximum Gasteiger partial charge on any atom is 0.408 e. The third kappa shape index (κ3) is 8.93. The van der Waals surface area contributed by atoms with E-state index >= 15 is 0 Å². The average Bonchev–Trinajstić information content (AvgIpc) is 2.62. The van der Waals surface area contributed by atoms with Gasteiger partial charge in [0, 0.05) is 19.0 Å². The standard InChI is InChI=1S/C19H33N3O6S/c1-12(20-18(27)28-19(2,3)4)16(24)22-9-6-13(7-10-22)15(23)21-14(17(25)26)8-11-29-5/h12-14H,6-11H2,1-5H3,(H,20,27)(H,21,23)(H,25,26). The van der Waals surface area contributed by atoms with E-state index in [4.69, 9.17) is 4.74 Å². The van der Waals surface area contributed by atoms with Gasteiger partial charge in [-0.1, -0.05) is 0 Å². The normalized spacial score (nSPS) is 17.2. The van der Waals surface area contributed by atoms with E-state index in [0.717, 1.165) is 0 Å². The number of carbonyl (C=O) groups is 4. The lowest BCUT2D eigenvalue weighted by molar-refractivity contribution is -0.143. The number of likely N-dealkylation sites (tertiary alicyclic amines) is 1. The number of amides is 3. The molecule has 9 nitrogen and oxygen atoms in total. The quantitative estimate of drug-likeness (QED) is 0.531. The Bertz CT molecular complexity index is 599. The van der Waals surface area contributed by atoms with Gasteiger partial charge < -0.3 is 25.4 Å². The molecule has 0 saturated carbocycles. The van der Waals surface area contributed by atoms with Crippen LogP contribution in [-0.4, -0.2) is 76.7 Å². The van der Waals surface area contributed by atoms with Gasteiger partial charge in [0.2, 0.25) is 11.8 Å². The summed E-state index contributed by atoms with van der Waals surface area (Å²) in [5.74, 6) is -1.25. The van der Waals surface area contributed by atoms with Crippen molar-refractivity contribution < 1.29 is 29.0 Å². The molecule has 3 amide bonds. The molecule has 3 N–H and O–H groups in total. The maximum absolute atomic E-state index is 12.5. The summed E-state index contributed by atoms with van der Waals surface area (Å²) in [4.78, 5) is 49.7. The van der Waals surface area contributed by atoms with E-state index in [1.807, 2.05) is 6.26 Å². The summed E-state index contributed by atoms with van der Waals surface area (Å²) in [5.41, 5.74) is -0.651. The summed E-state index contributed by atoms with van der Waals surface area (Å²) < 4.78 is 5.16. The van der Waals surface area contributed by atoms with Gasteiger partial charge in [0.25, 0.3) is 0 Å². The fourth-order valence-corrected chi connectivity index (χ4v) is 3.44. The molecular formula is C19H33N3O6S. The first-order chi connectivity index (χ1) is 13.4. The number of nitrogens with one attached hydrogen (secondary N) is 2. The second-order valence-corrected chi connectivity index (χ2v) is 9.13. The fraction of sp³-hybridized carbons (Fsp3) is 0.789. The largest absolute Gasteiger partial charge is 0.480 e. The minimum Gasteiger partial charge on any atom is -0.480 e. The first-order valence-corrected chi connectivity index (χ1v) is 11.1. The van der Waals surface area contributed by atoms with Crippen molar-refractivity contribution in [2.24, 2.45) is 5.92 Å². The van der Waals surface area contributed by atoms with Crippen LogP contribution in [0.25, 0.3) is 0 Å². The van der Waals surface area contributed by atoms with Crippen molar-refractivity contribution in [2.75, 3.05) is 25.1 Å². The monoisotopic (exact) mass is 431 g/mol. The minimum atomic E-state index is -1.04. The van der Waals surface area contributed by atoms with E-state index in [1.165, 1.54) is 11.8 Å². The second-order valence-electron chi connectivity index (χ2n) is 8.15. The summed E-state index contributed by atoms with van der Waals surface area (Å²) in [6, 6.07) is -1.63. The lowest BCUT2D eigenvalue weighted by Gasteiger charge is -2.33. The van der Waals surface area contributed by atoms with E-state index in [-0.39, 0.29) is 17.7 Å². The zero-order valence-electron chi connectivity index (χ0n) is 17.8. The highest BCUT2D eigenvalue weighted by atomic mass is 32.2. The lowest BCUT2D eigenvalue weighted by atomic mass is 9.95.